The fourth-order valence-electron chi connectivity index (χ4n) is 2.28. The second-order valence-electron chi connectivity index (χ2n) is 4.75. The molecule has 3 rings (SSSR count). The molecular formula is C16H11F3N2O2. The van der Waals surface area contributed by atoms with Gasteiger partial charge in [0.15, 0.2) is 17.3 Å². The van der Waals surface area contributed by atoms with Gasteiger partial charge in [0.05, 0.1) is 6.61 Å². The van der Waals surface area contributed by atoms with Gasteiger partial charge in [-0.15, -0.1) is 0 Å². The lowest BCUT2D eigenvalue weighted by Gasteiger charge is -2.06. The number of carbonyl (C=O) groups excluding carboxylic acids is 1. The Morgan fingerprint density at radius 3 is 2.78 bits per heavy atom. The number of carbonyl (C=O) groups is 1. The quantitative estimate of drug-likeness (QED) is 0.547. The summed E-state index contributed by atoms with van der Waals surface area (Å²) >= 11 is 0. The molecule has 0 N–H and O–H groups in total. The number of rotatable bonds is 3. The molecule has 0 aliphatic rings. The number of esters is 1. The monoisotopic (exact) mass is 320 g/mol. The van der Waals surface area contributed by atoms with Crippen LogP contribution in [0.15, 0.2) is 36.7 Å². The summed E-state index contributed by atoms with van der Waals surface area (Å²) in [5.41, 5.74) is 0.115. The second kappa shape index (κ2) is 5.75. The molecular weight excluding hydrogens is 309 g/mol. The first-order valence-electron chi connectivity index (χ1n) is 6.81. The number of nitrogens with zero attached hydrogens (tertiary/aromatic N) is 2. The second-order valence-corrected chi connectivity index (χ2v) is 4.75. The van der Waals surface area contributed by atoms with Crippen LogP contribution in [-0.2, 0) is 4.74 Å². The van der Waals surface area contributed by atoms with Crippen LogP contribution in [0.1, 0.15) is 17.4 Å². The number of hydrogen-bond acceptors (Lipinski definition) is 3. The summed E-state index contributed by atoms with van der Waals surface area (Å²) in [6, 6.07) is 4.37. The first-order chi connectivity index (χ1) is 11.0. The molecule has 23 heavy (non-hydrogen) atoms. The van der Waals surface area contributed by atoms with Gasteiger partial charge >= 0.3 is 5.97 Å². The molecule has 0 amide bonds. The highest BCUT2D eigenvalue weighted by atomic mass is 19.2. The van der Waals surface area contributed by atoms with Crippen molar-refractivity contribution in [2.45, 2.75) is 6.92 Å². The van der Waals surface area contributed by atoms with Crippen LogP contribution in [-0.4, -0.2) is 22.0 Å². The van der Waals surface area contributed by atoms with Crippen LogP contribution in [0.2, 0.25) is 0 Å². The van der Waals surface area contributed by atoms with Crippen molar-refractivity contribution in [1.82, 2.24) is 9.38 Å². The number of aromatic nitrogens is 2. The molecule has 2 heterocycles. The van der Waals surface area contributed by atoms with Gasteiger partial charge in [0.1, 0.15) is 11.5 Å². The predicted molar refractivity (Wildman–Crippen MR) is 76.5 cm³/mol. The third-order valence-electron chi connectivity index (χ3n) is 3.25. The Labute approximate surface area is 129 Å². The van der Waals surface area contributed by atoms with Crippen molar-refractivity contribution in [2.75, 3.05) is 6.61 Å². The summed E-state index contributed by atoms with van der Waals surface area (Å²) in [5, 5.41) is 0. The largest absolute Gasteiger partial charge is 0.461 e. The van der Waals surface area contributed by atoms with E-state index in [1.807, 2.05) is 0 Å². The number of fused-ring (bicyclic) bond motifs is 1. The summed E-state index contributed by atoms with van der Waals surface area (Å²) < 4.78 is 47.2. The van der Waals surface area contributed by atoms with Crippen LogP contribution in [0.25, 0.3) is 16.8 Å². The van der Waals surface area contributed by atoms with Gasteiger partial charge in [0, 0.05) is 29.6 Å². The van der Waals surface area contributed by atoms with Crippen LogP contribution < -0.4 is 0 Å². The summed E-state index contributed by atoms with van der Waals surface area (Å²) in [5.74, 6) is -4.01. The van der Waals surface area contributed by atoms with E-state index in [0.29, 0.717) is 6.07 Å². The predicted octanol–water partition coefficient (Wildman–Crippen LogP) is 3.60. The molecule has 0 bridgehead atoms. The highest BCUT2D eigenvalue weighted by Crippen LogP contribution is 2.29. The maximum atomic E-state index is 14.0. The molecule has 118 valence electrons. The van der Waals surface area contributed by atoms with Crippen molar-refractivity contribution in [2.24, 2.45) is 0 Å². The Bertz CT molecular complexity index is 906. The van der Waals surface area contributed by atoms with Crippen molar-refractivity contribution >= 4 is 11.6 Å². The van der Waals surface area contributed by atoms with E-state index in [0.717, 1.165) is 6.07 Å². The third kappa shape index (κ3) is 2.65. The average Bonchev–Trinajstić information content (AvgIpc) is 2.95. The SMILES string of the molecule is CCOC(=O)c1cn2cccc(-c3cc(F)cc(F)c3F)c2n1. The maximum Gasteiger partial charge on any atom is 0.358 e. The smallest absolute Gasteiger partial charge is 0.358 e. The lowest BCUT2D eigenvalue weighted by atomic mass is 10.1. The summed E-state index contributed by atoms with van der Waals surface area (Å²) in [4.78, 5) is 15.8. The van der Waals surface area contributed by atoms with Crippen LogP contribution in [0.3, 0.4) is 0 Å². The molecule has 0 saturated carbocycles. The van der Waals surface area contributed by atoms with E-state index in [9.17, 15) is 18.0 Å². The molecule has 1 aromatic carbocycles. The van der Waals surface area contributed by atoms with Gasteiger partial charge in [-0.2, -0.15) is 0 Å². The Kier molecular flexibility index (Phi) is 3.77. The van der Waals surface area contributed by atoms with Gasteiger partial charge in [0.25, 0.3) is 0 Å². The molecule has 0 fully saturated rings. The Hall–Kier alpha value is -2.83. The molecule has 0 aliphatic heterocycles. The van der Waals surface area contributed by atoms with Crippen molar-refractivity contribution in [3.05, 3.63) is 59.8 Å². The fourth-order valence-corrected chi connectivity index (χ4v) is 2.28. The summed E-state index contributed by atoms with van der Waals surface area (Å²) in [7, 11) is 0. The summed E-state index contributed by atoms with van der Waals surface area (Å²) in [6.07, 6.45) is 2.99. The number of halogens is 3. The number of ether oxygens (including phenoxy) is 1. The van der Waals surface area contributed by atoms with Crippen LogP contribution in [0, 0.1) is 17.5 Å². The standard InChI is InChI=1S/C16H11F3N2O2/c1-2-23-16(22)13-8-21-5-3-4-10(15(21)20-13)11-6-9(17)7-12(18)14(11)19/h3-8H,2H2,1H3. The highest BCUT2D eigenvalue weighted by Gasteiger charge is 2.18. The molecule has 4 nitrogen and oxygen atoms in total. The van der Waals surface area contributed by atoms with Crippen molar-refractivity contribution in [3.63, 3.8) is 0 Å². The van der Waals surface area contributed by atoms with Gasteiger partial charge in [-0.3, -0.25) is 0 Å². The van der Waals surface area contributed by atoms with Crippen LogP contribution in [0.4, 0.5) is 13.2 Å². The zero-order valence-corrected chi connectivity index (χ0v) is 12.0. The van der Waals surface area contributed by atoms with Crippen molar-refractivity contribution < 1.29 is 22.7 Å². The van der Waals surface area contributed by atoms with E-state index in [1.54, 1.807) is 19.2 Å². The van der Waals surface area contributed by atoms with E-state index >= 15 is 0 Å². The Balaban J connectivity index is 2.21. The minimum Gasteiger partial charge on any atom is -0.461 e. The first kappa shape index (κ1) is 15.1. The molecule has 0 atom stereocenters. The third-order valence-corrected chi connectivity index (χ3v) is 3.25. The summed E-state index contributed by atoms with van der Waals surface area (Å²) in [6.45, 7) is 1.84. The van der Waals surface area contributed by atoms with Gasteiger partial charge in [0.2, 0.25) is 0 Å². The molecule has 0 aliphatic carbocycles. The van der Waals surface area contributed by atoms with Crippen LogP contribution in [0.5, 0.6) is 0 Å². The molecule has 7 heteroatoms. The van der Waals surface area contributed by atoms with E-state index in [-0.39, 0.29) is 29.1 Å². The molecule has 3 aromatic rings. The molecule has 0 radical (unpaired) electrons. The lowest BCUT2D eigenvalue weighted by Crippen LogP contribution is -2.04. The minimum absolute atomic E-state index is 0.0246. The van der Waals surface area contributed by atoms with Gasteiger partial charge in [-0.25, -0.2) is 22.9 Å². The zero-order chi connectivity index (χ0) is 16.6. The first-order valence-corrected chi connectivity index (χ1v) is 6.81. The molecule has 0 unspecified atom stereocenters. The van der Waals surface area contributed by atoms with Crippen molar-refractivity contribution in [1.29, 1.82) is 0 Å². The minimum atomic E-state index is -1.29. The zero-order valence-electron chi connectivity index (χ0n) is 12.0. The highest BCUT2D eigenvalue weighted by molar-refractivity contribution is 5.89. The molecule has 2 aromatic heterocycles. The molecule has 0 saturated heterocycles. The van der Waals surface area contributed by atoms with Gasteiger partial charge < -0.3 is 9.14 Å². The van der Waals surface area contributed by atoms with E-state index in [4.69, 9.17) is 4.74 Å². The number of hydrogen-bond donors (Lipinski definition) is 0. The Morgan fingerprint density at radius 2 is 2.04 bits per heavy atom. The van der Waals surface area contributed by atoms with E-state index in [2.05, 4.69) is 4.98 Å². The number of imidazole rings is 1. The topological polar surface area (TPSA) is 43.6 Å². The fraction of sp³-hybridized carbons (Fsp3) is 0.125. The van der Waals surface area contributed by atoms with E-state index in [1.165, 1.54) is 16.7 Å². The lowest BCUT2D eigenvalue weighted by molar-refractivity contribution is 0.0520. The average molecular weight is 320 g/mol. The van der Waals surface area contributed by atoms with Gasteiger partial charge in [-0.05, 0) is 25.1 Å². The van der Waals surface area contributed by atoms with Crippen LogP contribution >= 0.6 is 0 Å². The molecule has 0 spiro atoms. The van der Waals surface area contributed by atoms with Crippen molar-refractivity contribution in [3.8, 4) is 11.1 Å². The van der Waals surface area contributed by atoms with E-state index < -0.39 is 23.4 Å². The number of benzene rings is 1. The normalized spacial score (nSPS) is 11.0. The number of pyridine rings is 1. The maximum absolute atomic E-state index is 14.0. The van der Waals surface area contributed by atoms with Gasteiger partial charge in [-0.1, -0.05) is 0 Å². The Morgan fingerprint density at radius 1 is 1.26 bits per heavy atom.